The third-order valence-corrected chi connectivity index (χ3v) is 4.93. The first-order valence-electron chi connectivity index (χ1n) is 9.07. The van der Waals surface area contributed by atoms with Crippen molar-refractivity contribution in [3.8, 4) is 6.07 Å². The molecule has 4 heteroatoms. The Kier molecular flexibility index (Phi) is 4.76. The molecule has 28 heavy (non-hydrogen) atoms. The Bertz CT molecular complexity index is 1000. The summed E-state index contributed by atoms with van der Waals surface area (Å²) in [6.45, 7) is -0.226. The molecule has 4 aromatic rings. The number of aromatic nitrogens is 2. The monoisotopic (exact) mass is 365 g/mol. The molecule has 3 aromatic carbocycles. The van der Waals surface area contributed by atoms with Gasteiger partial charge in [0.25, 0.3) is 0 Å². The molecule has 0 saturated heterocycles. The van der Waals surface area contributed by atoms with Crippen LogP contribution in [0, 0.1) is 11.3 Å². The smallest absolute Gasteiger partial charge is 0.140 e. The Balaban J connectivity index is 2.17. The molecule has 0 amide bonds. The van der Waals surface area contributed by atoms with E-state index >= 15 is 0 Å². The fourth-order valence-corrected chi connectivity index (χ4v) is 3.75. The Morgan fingerprint density at radius 2 is 1.21 bits per heavy atom. The molecule has 0 aliphatic heterocycles. The maximum absolute atomic E-state index is 9.84. The van der Waals surface area contributed by atoms with E-state index in [9.17, 15) is 10.4 Å². The van der Waals surface area contributed by atoms with Gasteiger partial charge in [-0.1, -0.05) is 91.0 Å². The first-order chi connectivity index (χ1) is 13.8. The van der Waals surface area contributed by atoms with Crippen molar-refractivity contribution >= 4 is 0 Å². The van der Waals surface area contributed by atoms with Crippen molar-refractivity contribution in [1.29, 1.82) is 5.26 Å². The van der Waals surface area contributed by atoms with E-state index in [1.165, 1.54) is 0 Å². The molecule has 136 valence electrons. The van der Waals surface area contributed by atoms with Gasteiger partial charge in [-0.05, 0) is 22.8 Å². The van der Waals surface area contributed by atoms with Crippen LogP contribution in [0.3, 0.4) is 0 Å². The summed E-state index contributed by atoms with van der Waals surface area (Å²) in [5.41, 5.74) is 2.95. The standard InChI is InChI=1S/C24H19N3O/c25-17-23-16-22(18-28)26-27(23)24(19-10-4-1-5-11-19,20-12-6-2-7-13-20)21-14-8-3-9-15-21/h1-16,28H,18H2. The van der Waals surface area contributed by atoms with Gasteiger partial charge in [0.05, 0.1) is 12.3 Å². The third-order valence-electron chi connectivity index (χ3n) is 4.93. The first-order valence-corrected chi connectivity index (χ1v) is 9.07. The highest BCUT2D eigenvalue weighted by Gasteiger charge is 2.41. The van der Waals surface area contributed by atoms with Crippen LogP contribution in [-0.4, -0.2) is 14.9 Å². The van der Waals surface area contributed by atoms with E-state index in [0.717, 1.165) is 16.7 Å². The largest absolute Gasteiger partial charge is 0.390 e. The number of nitrogens with zero attached hydrogens (tertiary/aromatic N) is 3. The SMILES string of the molecule is N#Cc1cc(CO)nn1C(c1ccccc1)(c1ccccc1)c1ccccc1. The van der Waals surface area contributed by atoms with E-state index in [1.54, 1.807) is 10.7 Å². The summed E-state index contributed by atoms with van der Waals surface area (Å²) in [7, 11) is 0. The minimum atomic E-state index is -0.845. The number of benzene rings is 3. The third kappa shape index (κ3) is 2.79. The molecule has 0 spiro atoms. The van der Waals surface area contributed by atoms with Gasteiger partial charge in [0.15, 0.2) is 0 Å². The zero-order chi connectivity index (χ0) is 19.4. The first kappa shape index (κ1) is 17.7. The molecule has 0 aliphatic carbocycles. The van der Waals surface area contributed by atoms with Crippen LogP contribution in [0.4, 0.5) is 0 Å². The highest BCUT2D eigenvalue weighted by atomic mass is 16.3. The molecule has 4 nitrogen and oxygen atoms in total. The van der Waals surface area contributed by atoms with Crippen molar-refractivity contribution in [3.63, 3.8) is 0 Å². The van der Waals surface area contributed by atoms with Crippen molar-refractivity contribution in [2.24, 2.45) is 0 Å². The van der Waals surface area contributed by atoms with Crippen LogP contribution in [0.5, 0.6) is 0 Å². The lowest BCUT2D eigenvalue weighted by atomic mass is 9.77. The average molecular weight is 365 g/mol. The van der Waals surface area contributed by atoms with Crippen molar-refractivity contribution < 1.29 is 5.11 Å². The van der Waals surface area contributed by atoms with Crippen LogP contribution in [0.15, 0.2) is 97.1 Å². The number of aliphatic hydroxyl groups is 1. The van der Waals surface area contributed by atoms with E-state index in [0.29, 0.717) is 11.4 Å². The zero-order valence-electron chi connectivity index (χ0n) is 15.2. The lowest BCUT2D eigenvalue weighted by Gasteiger charge is -2.36. The molecular weight excluding hydrogens is 346 g/mol. The lowest BCUT2D eigenvalue weighted by Crippen LogP contribution is -2.39. The highest BCUT2D eigenvalue weighted by Crippen LogP contribution is 2.41. The predicted molar refractivity (Wildman–Crippen MR) is 107 cm³/mol. The second-order valence-electron chi connectivity index (χ2n) is 6.51. The van der Waals surface area contributed by atoms with E-state index < -0.39 is 5.54 Å². The Morgan fingerprint density at radius 1 is 0.786 bits per heavy atom. The molecule has 4 rings (SSSR count). The molecule has 0 bridgehead atoms. The van der Waals surface area contributed by atoms with Gasteiger partial charge in [0, 0.05) is 0 Å². The topological polar surface area (TPSA) is 61.8 Å². The molecule has 0 fully saturated rings. The normalized spacial score (nSPS) is 11.1. The van der Waals surface area contributed by atoms with E-state index in [-0.39, 0.29) is 6.61 Å². The van der Waals surface area contributed by atoms with Crippen LogP contribution in [0.2, 0.25) is 0 Å². The minimum absolute atomic E-state index is 0.226. The van der Waals surface area contributed by atoms with Crippen molar-refractivity contribution in [2.75, 3.05) is 0 Å². The lowest BCUT2D eigenvalue weighted by molar-refractivity contribution is 0.273. The fraction of sp³-hybridized carbons (Fsp3) is 0.0833. The van der Waals surface area contributed by atoms with Crippen LogP contribution in [0.25, 0.3) is 0 Å². The van der Waals surface area contributed by atoms with Crippen LogP contribution in [0.1, 0.15) is 28.1 Å². The van der Waals surface area contributed by atoms with Gasteiger partial charge in [-0.3, -0.25) is 0 Å². The molecule has 1 aromatic heterocycles. The van der Waals surface area contributed by atoms with Gasteiger partial charge in [-0.2, -0.15) is 10.4 Å². The Labute approximate surface area is 163 Å². The summed E-state index contributed by atoms with van der Waals surface area (Å²) in [5.74, 6) is 0. The van der Waals surface area contributed by atoms with Crippen LogP contribution >= 0.6 is 0 Å². The van der Waals surface area contributed by atoms with Gasteiger partial charge in [-0.15, -0.1) is 0 Å². The number of nitriles is 1. The second-order valence-corrected chi connectivity index (χ2v) is 6.51. The fourth-order valence-electron chi connectivity index (χ4n) is 3.75. The van der Waals surface area contributed by atoms with Crippen molar-refractivity contribution in [1.82, 2.24) is 9.78 Å². The van der Waals surface area contributed by atoms with Gasteiger partial charge < -0.3 is 5.11 Å². The van der Waals surface area contributed by atoms with Crippen LogP contribution < -0.4 is 0 Å². The van der Waals surface area contributed by atoms with Crippen molar-refractivity contribution in [2.45, 2.75) is 12.1 Å². The highest BCUT2D eigenvalue weighted by molar-refractivity contribution is 5.51. The summed E-state index contributed by atoms with van der Waals surface area (Å²) in [5, 5.41) is 24.1. The van der Waals surface area contributed by atoms with Gasteiger partial charge in [-0.25, -0.2) is 4.68 Å². The molecule has 0 atom stereocenters. The number of hydrogen-bond donors (Lipinski definition) is 1. The van der Waals surface area contributed by atoms with E-state index in [1.807, 2.05) is 91.0 Å². The van der Waals surface area contributed by atoms with Gasteiger partial charge in [0.1, 0.15) is 17.3 Å². The molecule has 0 radical (unpaired) electrons. The summed E-state index contributed by atoms with van der Waals surface area (Å²) < 4.78 is 1.73. The maximum atomic E-state index is 9.84. The molecular formula is C24H19N3O. The number of aliphatic hydroxyl groups excluding tert-OH is 1. The minimum Gasteiger partial charge on any atom is -0.390 e. The summed E-state index contributed by atoms with van der Waals surface area (Å²) in [6, 6.07) is 34.0. The Hall–Kier alpha value is -3.68. The maximum Gasteiger partial charge on any atom is 0.140 e. The average Bonchev–Trinajstić information content (AvgIpc) is 3.20. The molecule has 1 heterocycles. The predicted octanol–water partition coefficient (Wildman–Crippen LogP) is 4.09. The quantitative estimate of drug-likeness (QED) is 0.542. The Morgan fingerprint density at radius 3 is 1.57 bits per heavy atom. The zero-order valence-corrected chi connectivity index (χ0v) is 15.2. The number of rotatable bonds is 5. The van der Waals surface area contributed by atoms with Crippen molar-refractivity contribution in [3.05, 3.63) is 125 Å². The second kappa shape index (κ2) is 7.51. The van der Waals surface area contributed by atoms with Gasteiger partial charge in [0.2, 0.25) is 0 Å². The molecule has 1 N–H and O–H groups in total. The molecule has 0 aliphatic rings. The summed E-state index contributed by atoms with van der Waals surface area (Å²) in [6.07, 6.45) is 0. The number of hydrogen-bond acceptors (Lipinski definition) is 3. The van der Waals surface area contributed by atoms with E-state index in [2.05, 4.69) is 11.2 Å². The summed E-state index contributed by atoms with van der Waals surface area (Å²) in [4.78, 5) is 0. The van der Waals surface area contributed by atoms with Crippen LogP contribution in [-0.2, 0) is 12.1 Å². The summed E-state index contributed by atoms with van der Waals surface area (Å²) >= 11 is 0. The molecule has 0 saturated carbocycles. The van der Waals surface area contributed by atoms with E-state index in [4.69, 9.17) is 0 Å². The molecule has 0 unspecified atom stereocenters. The van der Waals surface area contributed by atoms with Gasteiger partial charge >= 0.3 is 0 Å².